The van der Waals surface area contributed by atoms with Crippen LogP contribution in [0.4, 0.5) is 9.80 Å². The third-order valence-electron chi connectivity index (χ3n) is 1.83. The maximum atomic E-state index is 11.3. The van der Waals surface area contributed by atoms with Gasteiger partial charge in [-0.3, -0.25) is 5.32 Å². The fourth-order valence-electron chi connectivity index (χ4n) is 1.10. The quantitative estimate of drug-likeness (QED) is 0.754. The van der Waals surface area contributed by atoms with Gasteiger partial charge in [0.25, 0.3) is 0 Å². The van der Waals surface area contributed by atoms with Crippen LogP contribution in [0.2, 0.25) is 0 Å². The van der Waals surface area contributed by atoms with E-state index in [1.54, 1.807) is 0 Å². The molecular formula is C10H17N3OS. The highest BCUT2D eigenvalue weighted by molar-refractivity contribution is 7.14. The molecule has 0 unspecified atom stereocenters. The highest BCUT2D eigenvalue weighted by Crippen LogP contribution is 2.14. The van der Waals surface area contributed by atoms with E-state index in [2.05, 4.69) is 15.5 Å². The van der Waals surface area contributed by atoms with Crippen molar-refractivity contribution in [2.24, 2.45) is 0 Å². The Hall–Kier alpha value is -1.07. The van der Waals surface area contributed by atoms with Gasteiger partial charge in [0, 0.05) is 6.54 Å². The fraction of sp³-hybridized carbons (Fsp3) is 0.500. The molecular weight excluding hydrogens is 210 g/mol. The average molecular weight is 227 g/mol. The first-order valence-electron chi connectivity index (χ1n) is 4.91. The maximum absolute atomic E-state index is 11.3. The van der Waals surface area contributed by atoms with Crippen LogP contribution in [0.3, 0.4) is 0 Å². The second kappa shape index (κ2) is 6.42. The van der Waals surface area contributed by atoms with Gasteiger partial charge in [0.05, 0.1) is 5.00 Å². The Kier molecular flexibility index (Phi) is 5.14. The Labute approximate surface area is 94.3 Å². The van der Waals surface area contributed by atoms with Gasteiger partial charge < -0.3 is 10.2 Å². The van der Waals surface area contributed by atoms with E-state index in [1.807, 2.05) is 31.6 Å². The van der Waals surface area contributed by atoms with Gasteiger partial charge in [-0.25, -0.2) is 4.79 Å². The Morgan fingerprint density at radius 2 is 2.33 bits per heavy atom. The molecule has 2 N–H and O–H groups in total. The van der Waals surface area contributed by atoms with Crippen LogP contribution in [0.15, 0.2) is 17.5 Å². The van der Waals surface area contributed by atoms with E-state index >= 15 is 0 Å². The third kappa shape index (κ3) is 5.39. The predicted molar refractivity (Wildman–Crippen MR) is 64.5 cm³/mol. The van der Waals surface area contributed by atoms with Crippen LogP contribution in [-0.2, 0) is 0 Å². The molecule has 0 saturated heterocycles. The molecule has 0 aliphatic carbocycles. The van der Waals surface area contributed by atoms with Crippen LogP contribution < -0.4 is 10.6 Å². The van der Waals surface area contributed by atoms with Crippen LogP contribution in [0.5, 0.6) is 0 Å². The molecule has 0 fully saturated rings. The van der Waals surface area contributed by atoms with Gasteiger partial charge in [0.2, 0.25) is 0 Å². The van der Waals surface area contributed by atoms with Crippen LogP contribution in [0.25, 0.3) is 0 Å². The first kappa shape index (κ1) is 12.0. The minimum Gasteiger partial charge on any atom is -0.338 e. The summed E-state index contributed by atoms with van der Waals surface area (Å²) >= 11 is 1.52. The molecule has 4 nitrogen and oxygen atoms in total. The molecule has 2 amide bonds. The van der Waals surface area contributed by atoms with E-state index < -0.39 is 0 Å². The number of amides is 2. The lowest BCUT2D eigenvalue weighted by Crippen LogP contribution is -2.30. The second-order valence-electron chi connectivity index (χ2n) is 3.52. The van der Waals surface area contributed by atoms with Crippen molar-refractivity contribution in [2.75, 3.05) is 32.5 Å². The number of anilines is 1. The molecule has 0 aliphatic heterocycles. The van der Waals surface area contributed by atoms with E-state index in [0.717, 1.165) is 18.0 Å². The molecule has 0 saturated carbocycles. The number of nitrogens with one attached hydrogen (secondary N) is 2. The number of rotatable bonds is 5. The number of carbonyl (C=O) groups excluding carboxylic acids is 1. The first-order chi connectivity index (χ1) is 7.18. The van der Waals surface area contributed by atoms with Crippen LogP contribution in [0, 0.1) is 0 Å². The lowest BCUT2D eigenvalue weighted by molar-refractivity contribution is 0.251. The summed E-state index contributed by atoms with van der Waals surface area (Å²) in [6, 6.07) is 3.66. The summed E-state index contributed by atoms with van der Waals surface area (Å²) in [6.07, 6.45) is 0.963. The summed E-state index contributed by atoms with van der Waals surface area (Å²) in [5, 5.41) is 8.38. The van der Waals surface area contributed by atoms with E-state index in [1.165, 1.54) is 11.3 Å². The van der Waals surface area contributed by atoms with E-state index in [0.29, 0.717) is 6.54 Å². The minimum atomic E-state index is -0.129. The smallest absolute Gasteiger partial charge is 0.319 e. The molecule has 1 heterocycles. The number of thiophene rings is 1. The summed E-state index contributed by atoms with van der Waals surface area (Å²) in [6.45, 7) is 1.69. The van der Waals surface area contributed by atoms with Crippen LogP contribution >= 0.6 is 11.3 Å². The van der Waals surface area contributed by atoms with Crippen molar-refractivity contribution < 1.29 is 4.79 Å². The highest BCUT2D eigenvalue weighted by Gasteiger charge is 2.00. The Morgan fingerprint density at radius 1 is 1.53 bits per heavy atom. The molecule has 1 rings (SSSR count). The molecule has 0 atom stereocenters. The van der Waals surface area contributed by atoms with Crippen molar-refractivity contribution in [3.8, 4) is 0 Å². The zero-order valence-electron chi connectivity index (χ0n) is 9.12. The Morgan fingerprint density at radius 3 is 2.93 bits per heavy atom. The van der Waals surface area contributed by atoms with Crippen molar-refractivity contribution in [2.45, 2.75) is 6.42 Å². The first-order valence-corrected chi connectivity index (χ1v) is 5.79. The molecule has 1 aromatic rings. The summed E-state index contributed by atoms with van der Waals surface area (Å²) in [5.41, 5.74) is 0. The zero-order chi connectivity index (χ0) is 11.1. The fourth-order valence-corrected chi connectivity index (χ4v) is 1.72. The van der Waals surface area contributed by atoms with Crippen molar-refractivity contribution in [1.82, 2.24) is 10.2 Å². The van der Waals surface area contributed by atoms with Crippen molar-refractivity contribution in [3.63, 3.8) is 0 Å². The van der Waals surface area contributed by atoms with Gasteiger partial charge in [0.15, 0.2) is 0 Å². The topological polar surface area (TPSA) is 44.4 Å². The minimum absolute atomic E-state index is 0.129. The normalized spacial score (nSPS) is 10.3. The molecule has 1 aromatic heterocycles. The Bertz CT molecular complexity index is 285. The van der Waals surface area contributed by atoms with E-state index in [9.17, 15) is 4.79 Å². The number of hydrogen-bond donors (Lipinski definition) is 2. The molecule has 0 radical (unpaired) electrons. The maximum Gasteiger partial charge on any atom is 0.319 e. The van der Waals surface area contributed by atoms with Crippen molar-refractivity contribution in [3.05, 3.63) is 17.5 Å². The van der Waals surface area contributed by atoms with Gasteiger partial charge in [0.1, 0.15) is 0 Å². The molecule has 0 aliphatic rings. The van der Waals surface area contributed by atoms with Gasteiger partial charge in [-0.2, -0.15) is 0 Å². The predicted octanol–water partition coefficient (Wildman–Crippen LogP) is 1.82. The lowest BCUT2D eigenvalue weighted by atomic mass is 10.4. The van der Waals surface area contributed by atoms with Gasteiger partial charge in [-0.1, -0.05) is 0 Å². The van der Waals surface area contributed by atoms with Gasteiger partial charge in [-0.05, 0) is 44.6 Å². The summed E-state index contributed by atoms with van der Waals surface area (Å²) in [4.78, 5) is 13.4. The molecule has 0 aromatic carbocycles. The van der Waals surface area contributed by atoms with E-state index in [-0.39, 0.29) is 6.03 Å². The van der Waals surface area contributed by atoms with Gasteiger partial charge in [-0.15, -0.1) is 11.3 Å². The SMILES string of the molecule is CN(C)CCCNC(=O)Nc1cccs1. The number of nitrogens with zero attached hydrogens (tertiary/aromatic N) is 1. The van der Waals surface area contributed by atoms with E-state index in [4.69, 9.17) is 0 Å². The average Bonchev–Trinajstić information content (AvgIpc) is 2.64. The molecule has 15 heavy (non-hydrogen) atoms. The molecule has 0 spiro atoms. The second-order valence-corrected chi connectivity index (χ2v) is 4.46. The van der Waals surface area contributed by atoms with Gasteiger partial charge >= 0.3 is 6.03 Å². The molecule has 84 valence electrons. The summed E-state index contributed by atoms with van der Waals surface area (Å²) < 4.78 is 0. The van der Waals surface area contributed by atoms with Crippen molar-refractivity contribution in [1.29, 1.82) is 0 Å². The van der Waals surface area contributed by atoms with Crippen LogP contribution in [0.1, 0.15) is 6.42 Å². The van der Waals surface area contributed by atoms with Crippen LogP contribution in [-0.4, -0.2) is 38.1 Å². The summed E-state index contributed by atoms with van der Waals surface area (Å²) in [5.74, 6) is 0. The highest BCUT2D eigenvalue weighted by atomic mass is 32.1. The lowest BCUT2D eigenvalue weighted by Gasteiger charge is -2.09. The largest absolute Gasteiger partial charge is 0.338 e. The number of carbonyl (C=O) groups is 1. The Balaban J connectivity index is 2.09. The number of urea groups is 1. The summed E-state index contributed by atoms with van der Waals surface area (Å²) in [7, 11) is 4.04. The zero-order valence-corrected chi connectivity index (χ0v) is 9.93. The third-order valence-corrected chi connectivity index (χ3v) is 2.61. The molecule has 0 bridgehead atoms. The standard InChI is InChI=1S/C10H17N3OS/c1-13(2)7-4-6-11-10(14)12-9-5-3-8-15-9/h3,5,8H,4,6-7H2,1-2H3,(H2,11,12,14). The van der Waals surface area contributed by atoms with Crippen molar-refractivity contribution >= 4 is 22.4 Å². The molecule has 5 heteroatoms. The number of hydrogen-bond acceptors (Lipinski definition) is 3. The monoisotopic (exact) mass is 227 g/mol.